The fraction of sp³-hybridized carbons (Fsp3) is 0.312. The molecule has 3 aromatic rings. The molecule has 0 bridgehead atoms. The van der Waals surface area contributed by atoms with Gasteiger partial charge in [-0.2, -0.15) is 5.10 Å². The SMILES string of the molecule is Fc1ccc(C(Nc2ncnc3[nH]ncc23)C2CCC2)cc1. The number of H-pyrrole nitrogens is 1. The van der Waals surface area contributed by atoms with Crippen molar-refractivity contribution in [3.63, 3.8) is 0 Å². The van der Waals surface area contributed by atoms with Crippen LogP contribution in [0.2, 0.25) is 0 Å². The number of aromatic nitrogens is 4. The standard InChI is InChI=1S/C16H16FN5/c17-12-6-4-11(5-7-12)14(10-2-1-3-10)21-15-13-8-20-22-16(13)19-9-18-15/h4-10,14H,1-3H2,(H2,18,19,20,21,22). The van der Waals surface area contributed by atoms with Crippen molar-refractivity contribution in [2.75, 3.05) is 5.32 Å². The Hall–Kier alpha value is -2.50. The zero-order valence-electron chi connectivity index (χ0n) is 12.0. The van der Waals surface area contributed by atoms with Crippen molar-refractivity contribution in [1.29, 1.82) is 0 Å². The lowest BCUT2D eigenvalue weighted by Crippen LogP contribution is -2.26. The molecule has 22 heavy (non-hydrogen) atoms. The highest BCUT2D eigenvalue weighted by Crippen LogP contribution is 2.40. The third-order valence-electron chi connectivity index (χ3n) is 4.39. The Bertz CT molecular complexity index is 779. The first-order chi connectivity index (χ1) is 10.8. The Morgan fingerprint density at radius 1 is 1.18 bits per heavy atom. The minimum atomic E-state index is -0.213. The minimum absolute atomic E-state index is 0.127. The van der Waals surface area contributed by atoms with E-state index in [9.17, 15) is 4.39 Å². The number of nitrogens with one attached hydrogen (secondary N) is 2. The highest BCUT2D eigenvalue weighted by Gasteiger charge is 2.29. The molecule has 1 saturated carbocycles. The van der Waals surface area contributed by atoms with Gasteiger partial charge in [-0.15, -0.1) is 0 Å². The second kappa shape index (κ2) is 5.36. The molecular formula is C16H16FN5. The van der Waals surface area contributed by atoms with Crippen LogP contribution in [0.3, 0.4) is 0 Å². The average Bonchev–Trinajstić information content (AvgIpc) is 2.95. The largest absolute Gasteiger partial charge is 0.362 e. The highest BCUT2D eigenvalue weighted by atomic mass is 19.1. The van der Waals surface area contributed by atoms with Gasteiger partial charge in [0.05, 0.1) is 17.6 Å². The van der Waals surface area contributed by atoms with Crippen molar-refractivity contribution in [2.45, 2.75) is 25.3 Å². The van der Waals surface area contributed by atoms with Gasteiger partial charge in [-0.25, -0.2) is 14.4 Å². The van der Waals surface area contributed by atoms with Crippen LogP contribution in [-0.2, 0) is 0 Å². The van der Waals surface area contributed by atoms with Gasteiger partial charge in [0.15, 0.2) is 5.65 Å². The molecule has 4 rings (SSSR count). The molecule has 1 aliphatic rings. The van der Waals surface area contributed by atoms with Crippen LogP contribution in [0.1, 0.15) is 30.9 Å². The number of anilines is 1. The topological polar surface area (TPSA) is 66.5 Å². The van der Waals surface area contributed by atoms with Crippen LogP contribution >= 0.6 is 0 Å². The van der Waals surface area contributed by atoms with E-state index in [0.717, 1.165) is 16.8 Å². The molecule has 1 fully saturated rings. The maximum absolute atomic E-state index is 13.2. The summed E-state index contributed by atoms with van der Waals surface area (Å²) in [6.45, 7) is 0. The minimum Gasteiger partial charge on any atom is -0.362 e. The fourth-order valence-electron chi connectivity index (χ4n) is 2.94. The predicted molar refractivity (Wildman–Crippen MR) is 81.8 cm³/mol. The first kappa shape index (κ1) is 13.2. The van der Waals surface area contributed by atoms with Crippen molar-refractivity contribution in [3.8, 4) is 0 Å². The maximum atomic E-state index is 13.2. The molecule has 0 aliphatic heterocycles. The lowest BCUT2D eigenvalue weighted by Gasteiger charge is -2.35. The molecule has 1 atom stereocenters. The Kier molecular flexibility index (Phi) is 3.21. The van der Waals surface area contributed by atoms with Gasteiger partial charge < -0.3 is 5.32 Å². The number of fused-ring (bicyclic) bond motifs is 1. The molecule has 2 aromatic heterocycles. The Balaban J connectivity index is 1.69. The van der Waals surface area contributed by atoms with Crippen LogP contribution in [0.5, 0.6) is 0 Å². The summed E-state index contributed by atoms with van der Waals surface area (Å²) in [6, 6.07) is 6.84. The highest BCUT2D eigenvalue weighted by molar-refractivity contribution is 5.85. The van der Waals surface area contributed by atoms with E-state index in [0.29, 0.717) is 11.6 Å². The number of nitrogens with zero attached hydrogens (tertiary/aromatic N) is 3. The number of benzene rings is 1. The van der Waals surface area contributed by atoms with Crippen LogP contribution in [0.4, 0.5) is 10.2 Å². The zero-order chi connectivity index (χ0) is 14.9. The van der Waals surface area contributed by atoms with Gasteiger partial charge >= 0.3 is 0 Å². The van der Waals surface area contributed by atoms with Gasteiger partial charge in [-0.3, -0.25) is 5.10 Å². The first-order valence-corrected chi connectivity index (χ1v) is 7.47. The lowest BCUT2D eigenvalue weighted by molar-refractivity contribution is 0.277. The number of aromatic amines is 1. The first-order valence-electron chi connectivity index (χ1n) is 7.47. The molecule has 112 valence electrons. The quantitative estimate of drug-likeness (QED) is 0.774. The Morgan fingerprint density at radius 3 is 2.73 bits per heavy atom. The van der Waals surface area contributed by atoms with Crippen molar-refractivity contribution in [1.82, 2.24) is 20.2 Å². The molecule has 1 unspecified atom stereocenters. The molecule has 0 spiro atoms. The van der Waals surface area contributed by atoms with Gasteiger partial charge in [0.2, 0.25) is 0 Å². The Morgan fingerprint density at radius 2 is 2.00 bits per heavy atom. The summed E-state index contributed by atoms with van der Waals surface area (Å²) in [5, 5.41) is 11.2. The summed E-state index contributed by atoms with van der Waals surface area (Å²) < 4.78 is 13.2. The van der Waals surface area contributed by atoms with E-state index >= 15 is 0 Å². The van der Waals surface area contributed by atoms with Gasteiger partial charge in [0, 0.05) is 0 Å². The molecule has 2 heterocycles. The summed E-state index contributed by atoms with van der Waals surface area (Å²) in [6.07, 6.45) is 6.84. The average molecular weight is 297 g/mol. The van der Waals surface area contributed by atoms with E-state index in [4.69, 9.17) is 0 Å². The number of hydrogen-bond acceptors (Lipinski definition) is 4. The lowest BCUT2D eigenvalue weighted by atomic mass is 9.77. The Labute approximate surface area is 127 Å². The monoisotopic (exact) mass is 297 g/mol. The predicted octanol–water partition coefficient (Wildman–Crippen LogP) is 3.45. The second-order valence-corrected chi connectivity index (χ2v) is 5.72. The van der Waals surface area contributed by atoms with E-state index in [1.54, 1.807) is 6.20 Å². The second-order valence-electron chi connectivity index (χ2n) is 5.72. The maximum Gasteiger partial charge on any atom is 0.160 e. The third-order valence-corrected chi connectivity index (χ3v) is 4.39. The number of hydrogen-bond donors (Lipinski definition) is 2. The molecular weight excluding hydrogens is 281 g/mol. The number of rotatable bonds is 4. The van der Waals surface area contributed by atoms with E-state index in [2.05, 4.69) is 25.5 Å². The van der Waals surface area contributed by atoms with E-state index in [1.807, 2.05) is 12.1 Å². The molecule has 0 radical (unpaired) electrons. The van der Waals surface area contributed by atoms with Gasteiger partial charge in [-0.05, 0) is 36.5 Å². The number of halogens is 1. The molecule has 1 aliphatic carbocycles. The fourth-order valence-corrected chi connectivity index (χ4v) is 2.94. The van der Waals surface area contributed by atoms with Gasteiger partial charge in [-0.1, -0.05) is 18.6 Å². The third kappa shape index (κ3) is 2.30. The van der Waals surface area contributed by atoms with E-state index < -0.39 is 0 Å². The van der Waals surface area contributed by atoms with Crippen LogP contribution < -0.4 is 5.32 Å². The summed E-state index contributed by atoms with van der Waals surface area (Å²) in [4.78, 5) is 8.50. The smallest absolute Gasteiger partial charge is 0.160 e. The summed E-state index contributed by atoms with van der Waals surface area (Å²) >= 11 is 0. The summed E-state index contributed by atoms with van der Waals surface area (Å²) in [5.74, 6) is 1.10. The zero-order valence-corrected chi connectivity index (χ0v) is 12.0. The molecule has 6 heteroatoms. The van der Waals surface area contributed by atoms with Crippen molar-refractivity contribution < 1.29 is 4.39 Å². The molecule has 5 nitrogen and oxygen atoms in total. The van der Waals surface area contributed by atoms with Crippen molar-refractivity contribution in [3.05, 3.63) is 48.2 Å². The van der Waals surface area contributed by atoms with Crippen LogP contribution in [-0.4, -0.2) is 20.2 Å². The van der Waals surface area contributed by atoms with Crippen LogP contribution in [0, 0.1) is 11.7 Å². The van der Waals surface area contributed by atoms with Gasteiger partial charge in [0.1, 0.15) is 18.0 Å². The van der Waals surface area contributed by atoms with E-state index in [-0.39, 0.29) is 11.9 Å². The van der Waals surface area contributed by atoms with Crippen LogP contribution in [0.25, 0.3) is 11.0 Å². The van der Waals surface area contributed by atoms with E-state index in [1.165, 1.54) is 37.7 Å². The summed E-state index contributed by atoms with van der Waals surface area (Å²) in [5.41, 5.74) is 1.80. The normalized spacial score (nSPS) is 16.4. The molecule has 1 aromatic carbocycles. The van der Waals surface area contributed by atoms with Crippen LogP contribution in [0.15, 0.2) is 36.8 Å². The molecule has 0 amide bonds. The van der Waals surface area contributed by atoms with Crippen molar-refractivity contribution in [2.24, 2.45) is 5.92 Å². The summed E-state index contributed by atoms with van der Waals surface area (Å²) in [7, 11) is 0. The van der Waals surface area contributed by atoms with Crippen molar-refractivity contribution >= 4 is 16.9 Å². The molecule has 0 saturated heterocycles. The molecule has 2 N–H and O–H groups in total. The van der Waals surface area contributed by atoms with Gasteiger partial charge in [0.25, 0.3) is 0 Å².